The molecule has 0 unspecified atom stereocenters. The van der Waals surface area contributed by atoms with Crippen LogP contribution in [-0.2, 0) is 4.79 Å². The molecule has 0 spiro atoms. The van der Waals surface area contributed by atoms with Crippen LogP contribution in [0.1, 0.15) is 40.5 Å². The molecule has 2 aromatic carbocycles. The summed E-state index contributed by atoms with van der Waals surface area (Å²) < 4.78 is 0. The van der Waals surface area contributed by atoms with Gasteiger partial charge < -0.3 is 9.80 Å². The molecule has 2 heterocycles. The lowest BCUT2D eigenvalue weighted by Gasteiger charge is -2.21. The molecule has 34 heavy (non-hydrogen) atoms. The molecule has 0 N–H and O–H groups in total. The fourth-order valence-corrected chi connectivity index (χ4v) is 6.67. The lowest BCUT2D eigenvalue weighted by atomic mass is 10.2. The SMILES string of the molecule is CCCCN1C(=O)/C(=C2/Sc3ccc(Cl)cc3N2CC)SC1=Nc1ccc(N(CC)CC)cc1. The van der Waals surface area contributed by atoms with Crippen LogP contribution in [0.4, 0.5) is 17.1 Å². The molecule has 0 aliphatic carbocycles. The summed E-state index contributed by atoms with van der Waals surface area (Å²) in [4.78, 5) is 26.7. The second kappa shape index (κ2) is 11.1. The number of aliphatic imine (C=N–C) groups is 1. The Morgan fingerprint density at radius 3 is 2.35 bits per heavy atom. The van der Waals surface area contributed by atoms with E-state index in [0.29, 0.717) is 11.6 Å². The smallest absolute Gasteiger partial charge is 0.269 e. The Morgan fingerprint density at radius 2 is 1.71 bits per heavy atom. The molecule has 2 aliphatic rings. The minimum absolute atomic E-state index is 0.0387. The van der Waals surface area contributed by atoms with Gasteiger partial charge in [0.2, 0.25) is 0 Å². The summed E-state index contributed by atoms with van der Waals surface area (Å²) >= 11 is 9.39. The number of hydrogen-bond donors (Lipinski definition) is 0. The van der Waals surface area contributed by atoms with Crippen molar-refractivity contribution < 1.29 is 4.79 Å². The lowest BCUT2D eigenvalue weighted by Crippen LogP contribution is -2.30. The van der Waals surface area contributed by atoms with Crippen LogP contribution in [0.2, 0.25) is 5.02 Å². The van der Waals surface area contributed by atoms with Gasteiger partial charge in [-0.25, -0.2) is 4.99 Å². The highest BCUT2D eigenvalue weighted by atomic mass is 35.5. The van der Waals surface area contributed by atoms with Gasteiger partial charge in [0.05, 0.1) is 11.4 Å². The number of thioether (sulfide) groups is 2. The molecule has 180 valence electrons. The van der Waals surface area contributed by atoms with Crippen molar-refractivity contribution in [3.63, 3.8) is 0 Å². The van der Waals surface area contributed by atoms with E-state index in [2.05, 4.69) is 49.6 Å². The number of fused-ring (bicyclic) bond motifs is 1. The van der Waals surface area contributed by atoms with Gasteiger partial charge in [0.25, 0.3) is 5.91 Å². The van der Waals surface area contributed by atoms with Crippen molar-refractivity contribution in [2.24, 2.45) is 4.99 Å². The summed E-state index contributed by atoms with van der Waals surface area (Å²) in [6.45, 7) is 11.9. The second-order valence-electron chi connectivity index (χ2n) is 8.09. The third-order valence-corrected chi connectivity index (χ3v) is 8.59. The topological polar surface area (TPSA) is 39.2 Å². The van der Waals surface area contributed by atoms with Gasteiger partial charge in [-0.05, 0) is 81.4 Å². The van der Waals surface area contributed by atoms with Crippen LogP contribution in [0, 0.1) is 0 Å². The van der Waals surface area contributed by atoms with Crippen molar-refractivity contribution >= 4 is 63.3 Å². The normalized spacial score (nSPS) is 18.9. The van der Waals surface area contributed by atoms with Crippen LogP contribution in [0.3, 0.4) is 0 Å². The monoisotopic (exact) mass is 514 g/mol. The van der Waals surface area contributed by atoms with E-state index in [1.807, 2.05) is 35.2 Å². The number of carbonyl (C=O) groups is 1. The van der Waals surface area contributed by atoms with Crippen LogP contribution in [0.25, 0.3) is 0 Å². The van der Waals surface area contributed by atoms with Gasteiger partial charge in [-0.2, -0.15) is 0 Å². The highest BCUT2D eigenvalue weighted by Crippen LogP contribution is 2.51. The Labute approximate surface area is 216 Å². The second-order valence-corrected chi connectivity index (χ2v) is 10.5. The van der Waals surface area contributed by atoms with Crippen molar-refractivity contribution in [2.75, 3.05) is 36.0 Å². The molecule has 5 nitrogen and oxygen atoms in total. The fraction of sp³-hybridized carbons (Fsp3) is 0.385. The van der Waals surface area contributed by atoms with Crippen molar-refractivity contribution in [1.82, 2.24) is 4.90 Å². The number of halogens is 1. The highest BCUT2D eigenvalue weighted by molar-refractivity contribution is 8.19. The van der Waals surface area contributed by atoms with E-state index in [9.17, 15) is 4.79 Å². The highest BCUT2D eigenvalue weighted by Gasteiger charge is 2.39. The van der Waals surface area contributed by atoms with Crippen molar-refractivity contribution in [2.45, 2.75) is 45.4 Å². The molecule has 0 bridgehead atoms. The van der Waals surface area contributed by atoms with E-state index >= 15 is 0 Å². The largest absolute Gasteiger partial charge is 0.372 e. The molecule has 2 aromatic rings. The fourth-order valence-electron chi connectivity index (χ4n) is 4.11. The number of nitrogens with zero attached hydrogens (tertiary/aromatic N) is 4. The Bertz CT molecular complexity index is 1110. The number of amidine groups is 1. The zero-order chi connectivity index (χ0) is 24.2. The third-order valence-electron chi connectivity index (χ3n) is 5.98. The van der Waals surface area contributed by atoms with Crippen LogP contribution in [0.5, 0.6) is 0 Å². The predicted octanol–water partition coefficient (Wildman–Crippen LogP) is 7.35. The van der Waals surface area contributed by atoms with Gasteiger partial charge in [0, 0.05) is 41.8 Å². The number of amides is 1. The van der Waals surface area contributed by atoms with Crippen LogP contribution in [0.15, 0.2) is 62.3 Å². The Hall–Kier alpha value is -2.09. The molecule has 1 amide bonds. The van der Waals surface area contributed by atoms with Crippen LogP contribution < -0.4 is 9.80 Å². The quantitative estimate of drug-likeness (QED) is 0.344. The van der Waals surface area contributed by atoms with E-state index in [4.69, 9.17) is 16.6 Å². The summed E-state index contributed by atoms with van der Waals surface area (Å²) in [7, 11) is 0. The minimum Gasteiger partial charge on any atom is -0.372 e. The molecule has 0 aromatic heterocycles. The zero-order valence-corrected chi connectivity index (χ0v) is 22.6. The Balaban J connectivity index is 1.68. The maximum Gasteiger partial charge on any atom is 0.269 e. The Morgan fingerprint density at radius 1 is 0.971 bits per heavy atom. The summed E-state index contributed by atoms with van der Waals surface area (Å²) in [5.41, 5.74) is 3.11. The number of benzene rings is 2. The van der Waals surface area contributed by atoms with E-state index in [-0.39, 0.29) is 5.91 Å². The Kier molecular flexibility index (Phi) is 8.17. The van der Waals surface area contributed by atoms with E-state index in [0.717, 1.165) is 63.8 Å². The predicted molar refractivity (Wildman–Crippen MR) is 149 cm³/mol. The standard InChI is InChI=1S/C26H31ClN4OS2/c1-5-9-16-31-24(32)23(25-30(8-4)21-17-18(27)10-15-22(21)33-25)34-26(31)28-19-11-13-20(14-12-19)29(6-2)7-3/h10-15,17H,5-9,16H2,1-4H3/b25-23-,28-26?. The third kappa shape index (κ3) is 4.97. The molecule has 0 atom stereocenters. The van der Waals surface area contributed by atoms with Crippen molar-refractivity contribution in [3.8, 4) is 0 Å². The van der Waals surface area contributed by atoms with Gasteiger partial charge in [-0.3, -0.25) is 9.69 Å². The maximum absolute atomic E-state index is 13.6. The molecule has 1 saturated heterocycles. The molecule has 0 saturated carbocycles. The lowest BCUT2D eigenvalue weighted by molar-refractivity contribution is -0.122. The van der Waals surface area contributed by atoms with E-state index in [1.54, 1.807) is 11.8 Å². The minimum atomic E-state index is 0.0387. The van der Waals surface area contributed by atoms with Gasteiger partial charge in [0.1, 0.15) is 9.93 Å². The van der Waals surface area contributed by atoms with Gasteiger partial charge >= 0.3 is 0 Å². The summed E-state index contributed by atoms with van der Waals surface area (Å²) in [6.07, 6.45) is 1.96. The van der Waals surface area contributed by atoms with Gasteiger partial charge in [-0.1, -0.05) is 36.7 Å². The van der Waals surface area contributed by atoms with Crippen molar-refractivity contribution in [1.29, 1.82) is 0 Å². The first kappa shape index (κ1) is 25.0. The van der Waals surface area contributed by atoms with Crippen LogP contribution >= 0.6 is 35.1 Å². The average molecular weight is 515 g/mol. The molecular formula is C26H31ClN4OS2. The molecule has 2 aliphatic heterocycles. The summed E-state index contributed by atoms with van der Waals surface area (Å²) in [5, 5.41) is 2.43. The first-order valence-corrected chi connectivity index (χ1v) is 13.9. The van der Waals surface area contributed by atoms with Gasteiger partial charge in [-0.15, -0.1) is 0 Å². The van der Waals surface area contributed by atoms with Gasteiger partial charge in [0.15, 0.2) is 5.17 Å². The number of carbonyl (C=O) groups excluding carboxylic acids is 1. The zero-order valence-electron chi connectivity index (χ0n) is 20.2. The number of rotatable bonds is 8. The number of unbranched alkanes of at least 4 members (excludes halogenated alkanes) is 1. The number of anilines is 2. The van der Waals surface area contributed by atoms with Crippen molar-refractivity contribution in [3.05, 3.63) is 57.4 Å². The van der Waals surface area contributed by atoms with E-state index < -0.39 is 0 Å². The average Bonchev–Trinajstić information content (AvgIpc) is 3.35. The first-order chi connectivity index (χ1) is 16.5. The van der Waals surface area contributed by atoms with Crippen LogP contribution in [-0.4, -0.2) is 42.2 Å². The molecule has 8 heteroatoms. The maximum atomic E-state index is 13.6. The first-order valence-electron chi connectivity index (χ1n) is 11.9. The summed E-state index contributed by atoms with van der Waals surface area (Å²) in [5.74, 6) is 0.0387. The number of hydrogen-bond acceptors (Lipinski definition) is 6. The molecule has 1 fully saturated rings. The van der Waals surface area contributed by atoms with E-state index in [1.165, 1.54) is 17.4 Å². The molecule has 0 radical (unpaired) electrons. The summed E-state index contributed by atoms with van der Waals surface area (Å²) in [6, 6.07) is 14.2. The molecular weight excluding hydrogens is 484 g/mol. The molecule has 4 rings (SSSR count).